The number of esters is 1. The lowest BCUT2D eigenvalue weighted by Crippen LogP contribution is -2.23. The number of carbonyl (C=O) groups excluding carboxylic acids is 1. The fourth-order valence-corrected chi connectivity index (χ4v) is 3.19. The summed E-state index contributed by atoms with van der Waals surface area (Å²) in [6.07, 6.45) is 1.19. The van der Waals surface area contributed by atoms with E-state index in [1.54, 1.807) is 0 Å². The summed E-state index contributed by atoms with van der Waals surface area (Å²) in [5.41, 5.74) is 6.50. The van der Waals surface area contributed by atoms with Gasteiger partial charge < -0.3 is 20.3 Å². The normalized spacial score (nSPS) is 19.9. The summed E-state index contributed by atoms with van der Waals surface area (Å²) in [5, 5.41) is 8.47. The second kappa shape index (κ2) is 12.5. The van der Waals surface area contributed by atoms with Crippen LogP contribution in [0, 0.1) is 23.7 Å². The summed E-state index contributed by atoms with van der Waals surface area (Å²) in [6, 6.07) is 9.91. The van der Waals surface area contributed by atoms with Crippen molar-refractivity contribution in [3.8, 4) is 0 Å². The lowest BCUT2D eigenvalue weighted by molar-refractivity contribution is -0.172. The molecule has 1 heterocycles. The predicted molar refractivity (Wildman–Crippen MR) is 108 cm³/mol. The van der Waals surface area contributed by atoms with Crippen LogP contribution in [0.25, 0.3) is 0 Å². The topological polar surface area (TPSA) is 98.9 Å². The van der Waals surface area contributed by atoms with Crippen molar-refractivity contribution in [3.05, 3.63) is 35.9 Å². The Morgan fingerprint density at radius 1 is 1.25 bits per heavy atom. The highest BCUT2D eigenvalue weighted by molar-refractivity contribution is 5.71. The van der Waals surface area contributed by atoms with Crippen molar-refractivity contribution in [2.45, 2.75) is 59.9 Å². The molecule has 6 heteroatoms. The van der Waals surface area contributed by atoms with Gasteiger partial charge in [0.25, 0.3) is 0 Å². The van der Waals surface area contributed by atoms with E-state index in [-0.39, 0.29) is 30.5 Å². The Hall–Kier alpha value is -1.92. The SMILES string of the molecule is CC(C)C1CC(=O)OC1OCc1ccccc1.CC(C)CC(CN)CC(=O)O. The lowest BCUT2D eigenvalue weighted by atomic mass is 9.94. The molecule has 6 nitrogen and oxygen atoms in total. The highest BCUT2D eigenvalue weighted by atomic mass is 16.7. The van der Waals surface area contributed by atoms with Crippen LogP contribution < -0.4 is 5.73 Å². The Bertz CT molecular complexity index is 588. The Labute approximate surface area is 168 Å². The third-order valence-electron chi connectivity index (χ3n) is 4.71. The molecule has 0 aromatic heterocycles. The fourth-order valence-electron chi connectivity index (χ4n) is 3.19. The number of hydrogen-bond donors (Lipinski definition) is 2. The summed E-state index contributed by atoms with van der Waals surface area (Å²) in [5.74, 6) is 0.340. The highest BCUT2D eigenvalue weighted by Crippen LogP contribution is 2.30. The summed E-state index contributed by atoms with van der Waals surface area (Å²) in [7, 11) is 0. The molecule has 1 aromatic carbocycles. The van der Waals surface area contributed by atoms with Crippen LogP contribution in [-0.4, -0.2) is 29.9 Å². The standard InChI is InChI=1S/C14H18O3.C8H17NO2/c1-10(2)12-8-13(15)17-14(12)16-9-11-6-4-3-5-7-11;1-6(2)3-7(5-9)4-8(10)11/h3-7,10,12,14H,8-9H2,1-2H3;6-7H,3-5,9H2,1-2H3,(H,10,11). The number of carbonyl (C=O) groups is 2. The molecule has 1 aliphatic heterocycles. The van der Waals surface area contributed by atoms with Gasteiger partial charge in [-0.3, -0.25) is 9.59 Å². The second-order valence-electron chi connectivity index (χ2n) is 8.10. The molecule has 1 fully saturated rings. The number of benzene rings is 1. The Morgan fingerprint density at radius 2 is 1.89 bits per heavy atom. The maximum absolute atomic E-state index is 11.3. The van der Waals surface area contributed by atoms with Crippen molar-refractivity contribution in [3.63, 3.8) is 0 Å². The molecule has 0 saturated carbocycles. The van der Waals surface area contributed by atoms with Crippen molar-refractivity contribution in [1.29, 1.82) is 0 Å². The maximum atomic E-state index is 11.3. The average molecular weight is 394 g/mol. The molecule has 0 radical (unpaired) electrons. The first-order valence-corrected chi connectivity index (χ1v) is 9.99. The molecule has 1 aromatic rings. The second-order valence-corrected chi connectivity index (χ2v) is 8.10. The molecule has 3 atom stereocenters. The summed E-state index contributed by atoms with van der Waals surface area (Å²) in [6.45, 7) is 9.29. The van der Waals surface area contributed by atoms with Gasteiger partial charge >= 0.3 is 11.9 Å². The van der Waals surface area contributed by atoms with Gasteiger partial charge in [0.2, 0.25) is 6.29 Å². The van der Waals surface area contributed by atoms with Crippen LogP contribution in [-0.2, 0) is 25.7 Å². The van der Waals surface area contributed by atoms with Crippen molar-refractivity contribution < 1.29 is 24.2 Å². The lowest BCUT2D eigenvalue weighted by Gasteiger charge is -2.20. The minimum Gasteiger partial charge on any atom is -0.481 e. The minimum atomic E-state index is -0.749. The number of hydrogen-bond acceptors (Lipinski definition) is 5. The van der Waals surface area contributed by atoms with Crippen LogP contribution in [0.1, 0.15) is 52.5 Å². The third-order valence-corrected chi connectivity index (χ3v) is 4.71. The van der Waals surface area contributed by atoms with E-state index in [2.05, 4.69) is 27.7 Å². The van der Waals surface area contributed by atoms with E-state index in [4.69, 9.17) is 20.3 Å². The molecular formula is C22H35NO5. The molecule has 0 aliphatic carbocycles. The van der Waals surface area contributed by atoms with Crippen molar-refractivity contribution >= 4 is 11.9 Å². The first-order chi connectivity index (χ1) is 13.2. The molecule has 3 unspecified atom stereocenters. The molecule has 0 bridgehead atoms. The van der Waals surface area contributed by atoms with Gasteiger partial charge in [-0.05, 0) is 36.3 Å². The van der Waals surface area contributed by atoms with Crippen molar-refractivity contribution in [1.82, 2.24) is 0 Å². The molecule has 1 saturated heterocycles. The number of rotatable bonds is 9. The smallest absolute Gasteiger partial charge is 0.308 e. The summed E-state index contributed by atoms with van der Waals surface area (Å²) >= 11 is 0. The van der Waals surface area contributed by atoms with Crippen molar-refractivity contribution in [2.24, 2.45) is 29.4 Å². The van der Waals surface area contributed by atoms with E-state index in [9.17, 15) is 9.59 Å². The quantitative estimate of drug-likeness (QED) is 0.619. The van der Waals surface area contributed by atoms with Gasteiger partial charge in [-0.1, -0.05) is 58.0 Å². The predicted octanol–water partition coefficient (Wildman–Crippen LogP) is 3.83. The number of cyclic esters (lactones) is 1. The fraction of sp³-hybridized carbons (Fsp3) is 0.636. The van der Waals surface area contributed by atoms with Gasteiger partial charge in [0.05, 0.1) is 13.0 Å². The highest BCUT2D eigenvalue weighted by Gasteiger charge is 2.37. The molecule has 2 rings (SSSR count). The van der Waals surface area contributed by atoms with E-state index in [1.807, 2.05) is 30.3 Å². The third kappa shape index (κ3) is 9.33. The molecule has 158 valence electrons. The van der Waals surface area contributed by atoms with Gasteiger partial charge in [-0.15, -0.1) is 0 Å². The average Bonchev–Trinajstić information content (AvgIpc) is 3.01. The Balaban J connectivity index is 0.000000311. The molecular weight excluding hydrogens is 358 g/mol. The van der Waals surface area contributed by atoms with Crippen LogP contribution in [0.2, 0.25) is 0 Å². The number of carboxylic acid groups (broad SMARTS) is 1. The summed E-state index contributed by atoms with van der Waals surface area (Å²) < 4.78 is 10.9. The maximum Gasteiger partial charge on any atom is 0.308 e. The van der Waals surface area contributed by atoms with Gasteiger partial charge in [-0.25, -0.2) is 0 Å². The Morgan fingerprint density at radius 3 is 2.39 bits per heavy atom. The summed E-state index contributed by atoms with van der Waals surface area (Å²) in [4.78, 5) is 21.6. The van der Waals surface area contributed by atoms with Gasteiger partial charge in [0, 0.05) is 12.3 Å². The van der Waals surface area contributed by atoms with E-state index in [0.717, 1.165) is 12.0 Å². The number of nitrogens with two attached hydrogens (primary N) is 1. The monoisotopic (exact) mass is 393 g/mol. The largest absolute Gasteiger partial charge is 0.481 e. The van der Waals surface area contributed by atoms with Crippen LogP contribution in [0.5, 0.6) is 0 Å². The number of aliphatic carboxylic acids is 1. The van der Waals surface area contributed by atoms with Crippen molar-refractivity contribution in [2.75, 3.05) is 6.54 Å². The van der Waals surface area contributed by atoms with Crippen LogP contribution in [0.15, 0.2) is 30.3 Å². The molecule has 28 heavy (non-hydrogen) atoms. The van der Waals surface area contributed by atoms with Crippen LogP contribution >= 0.6 is 0 Å². The zero-order valence-corrected chi connectivity index (χ0v) is 17.5. The van der Waals surface area contributed by atoms with E-state index in [1.165, 1.54) is 0 Å². The van der Waals surface area contributed by atoms with Crippen LogP contribution in [0.4, 0.5) is 0 Å². The molecule has 1 aliphatic rings. The first-order valence-electron chi connectivity index (χ1n) is 9.99. The first kappa shape index (κ1) is 24.1. The molecule has 3 N–H and O–H groups in total. The van der Waals surface area contributed by atoms with E-state index in [0.29, 0.717) is 31.4 Å². The van der Waals surface area contributed by atoms with E-state index >= 15 is 0 Å². The molecule has 0 amide bonds. The zero-order valence-electron chi connectivity index (χ0n) is 17.5. The number of ether oxygens (including phenoxy) is 2. The van der Waals surface area contributed by atoms with Gasteiger partial charge in [0.1, 0.15) is 0 Å². The molecule has 0 spiro atoms. The van der Waals surface area contributed by atoms with Gasteiger partial charge in [-0.2, -0.15) is 0 Å². The van der Waals surface area contributed by atoms with E-state index < -0.39 is 5.97 Å². The number of carboxylic acids is 1. The zero-order chi connectivity index (χ0) is 21.1. The minimum absolute atomic E-state index is 0.146. The Kier molecular flexibility index (Phi) is 10.8. The van der Waals surface area contributed by atoms with Crippen LogP contribution in [0.3, 0.4) is 0 Å². The van der Waals surface area contributed by atoms with Gasteiger partial charge in [0.15, 0.2) is 0 Å².